The van der Waals surface area contributed by atoms with E-state index in [1.807, 2.05) is 29.9 Å². The van der Waals surface area contributed by atoms with Crippen molar-refractivity contribution in [2.75, 3.05) is 0 Å². The SMILES string of the molecule is Cn1ncc2cc(BO)ccc21. The summed E-state index contributed by atoms with van der Waals surface area (Å²) in [6, 6.07) is 5.82. The molecule has 1 aromatic heterocycles. The normalized spacial score (nSPS) is 10.5. The summed E-state index contributed by atoms with van der Waals surface area (Å²) in [5, 5.41) is 14.1. The lowest BCUT2D eigenvalue weighted by atomic mass is 9.88. The molecule has 4 heteroatoms. The Kier molecular flexibility index (Phi) is 1.62. The first-order valence-electron chi connectivity index (χ1n) is 3.83. The predicted molar refractivity (Wildman–Crippen MR) is 49.7 cm³/mol. The topological polar surface area (TPSA) is 38.0 Å². The average molecular weight is 160 g/mol. The lowest BCUT2D eigenvalue weighted by Crippen LogP contribution is -2.12. The second-order valence-electron chi connectivity index (χ2n) is 2.82. The molecule has 0 bridgehead atoms. The Bertz CT molecular complexity index is 410. The van der Waals surface area contributed by atoms with Gasteiger partial charge in [0.05, 0.1) is 11.7 Å². The van der Waals surface area contributed by atoms with Crippen molar-refractivity contribution in [1.82, 2.24) is 9.78 Å². The number of fused-ring (bicyclic) bond motifs is 1. The molecule has 1 heterocycles. The van der Waals surface area contributed by atoms with E-state index in [1.54, 1.807) is 6.20 Å². The third kappa shape index (κ3) is 1.01. The van der Waals surface area contributed by atoms with E-state index in [0.717, 1.165) is 16.4 Å². The van der Waals surface area contributed by atoms with Crippen LogP contribution in [0.5, 0.6) is 0 Å². The van der Waals surface area contributed by atoms with Gasteiger partial charge in [-0.25, -0.2) is 0 Å². The molecule has 0 unspecified atom stereocenters. The van der Waals surface area contributed by atoms with Gasteiger partial charge in [0.1, 0.15) is 0 Å². The lowest BCUT2D eigenvalue weighted by molar-refractivity contribution is 0.615. The first-order valence-corrected chi connectivity index (χ1v) is 3.83. The average Bonchev–Trinajstić information content (AvgIpc) is 2.47. The van der Waals surface area contributed by atoms with Crippen LogP contribution in [0, 0.1) is 0 Å². The molecule has 0 fully saturated rings. The molecule has 0 saturated carbocycles. The highest BCUT2D eigenvalue weighted by molar-refractivity contribution is 6.45. The number of rotatable bonds is 1. The van der Waals surface area contributed by atoms with Gasteiger partial charge in [-0.3, -0.25) is 4.68 Å². The van der Waals surface area contributed by atoms with Crippen molar-refractivity contribution in [3.05, 3.63) is 24.4 Å². The molecule has 0 radical (unpaired) electrons. The molecule has 3 nitrogen and oxygen atoms in total. The van der Waals surface area contributed by atoms with Gasteiger partial charge in [0, 0.05) is 12.4 Å². The van der Waals surface area contributed by atoms with Gasteiger partial charge in [-0.1, -0.05) is 17.6 Å². The fourth-order valence-electron chi connectivity index (χ4n) is 1.31. The summed E-state index contributed by atoms with van der Waals surface area (Å²) in [6.45, 7) is 0. The molecule has 0 spiro atoms. The zero-order chi connectivity index (χ0) is 8.55. The fraction of sp³-hybridized carbons (Fsp3) is 0.125. The van der Waals surface area contributed by atoms with E-state index in [2.05, 4.69) is 5.10 Å². The predicted octanol–water partition coefficient (Wildman–Crippen LogP) is -0.458. The second kappa shape index (κ2) is 2.64. The summed E-state index contributed by atoms with van der Waals surface area (Å²) in [5.41, 5.74) is 2.02. The van der Waals surface area contributed by atoms with E-state index in [4.69, 9.17) is 5.02 Å². The van der Waals surface area contributed by atoms with Crippen molar-refractivity contribution >= 4 is 23.8 Å². The zero-order valence-corrected chi connectivity index (χ0v) is 6.86. The van der Waals surface area contributed by atoms with E-state index in [1.165, 1.54) is 0 Å². The van der Waals surface area contributed by atoms with Crippen LogP contribution >= 0.6 is 0 Å². The molecule has 1 aromatic carbocycles. The van der Waals surface area contributed by atoms with Crippen LogP contribution in [0.25, 0.3) is 10.9 Å². The van der Waals surface area contributed by atoms with Crippen LogP contribution in [0.4, 0.5) is 0 Å². The summed E-state index contributed by atoms with van der Waals surface area (Å²) < 4.78 is 1.82. The van der Waals surface area contributed by atoms with Crippen molar-refractivity contribution < 1.29 is 5.02 Å². The maximum atomic E-state index is 8.88. The molecule has 0 atom stereocenters. The van der Waals surface area contributed by atoms with Crippen LogP contribution < -0.4 is 5.46 Å². The number of hydrogen-bond donors (Lipinski definition) is 1. The molecule has 0 aliphatic heterocycles. The van der Waals surface area contributed by atoms with Crippen molar-refractivity contribution in [1.29, 1.82) is 0 Å². The van der Waals surface area contributed by atoms with Crippen molar-refractivity contribution in [3.63, 3.8) is 0 Å². The van der Waals surface area contributed by atoms with Gasteiger partial charge in [-0.2, -0.15) is 5.10 Å². The summed E-state index contributed by atoms with van der Waals surface area (Å²) in [5.74, 6) is 0. The van der Waals surface area contributed by atoms with Crippen molar-refractivity contribution in [2.24, 2.45) is 7.05 Å². The minimum atomic E-state index is 0.0881. The van der Waals surface area contributed by atoms with E-state index in [-0.39, 0.29) is 7.48 Å². The Morgan fingerprint density at radius 2 is 2.33 bits per heavy atom. The van der Waals surface area contributed by atoms with Gasteiger partial charge in [0.25, 0.3) is 0 Å². The number of hydrogen-bond acceptors (Lipinski definition) is 2. The van der Waals surface area contributed by atoms with Crippen molar-refractivity contribution in [3.8, 4) is 0 Å². The Hall–Kier alpha value is -1.29. The molecule has 12 heavy (non-hydrogen) atoms. The quantitative estimate of drug-likeness (QED) is 0.573. The molecule has 2 aromatic rings. The van der Waals surface area contributed by atoms with Crippen LogP contribution in [0.15, 0.2) is 24.4 Å². The smallest absolute Gasteiger partial charge is 0.304 e. The highest BCUT2D eigenvalue weighted by Crippen LogP contribution is 2.09. The fourth-order valence-corrected chi connectivity index (χ4v) is 1.31. The largest absolute Gasteiger partial charge is 0.449 e. The summed E-state index contributed by atoms with van der Waals surface area (Å²) in [4.78, 5) is 0. The van der Waals surface area contributed by atoms with Gasteiger partial charge >= 0.3 is 7.48 Å². The molecule has 0 saturated heterocycles. The highest BCUT2D eigenvalue weighted by Gasteiger charge is 1.99. The number of nitrogens with zero attached hydrogens (tertiary/aromatic N) is 2. The molecule has 60 valence electrons. The Morgan fingerprint density at radius 3 is 3.08 bits per heavy atom. The van der Waals surface area contributed by atoms with E-state index >= 15 is 0 Å². The zero-order valence-electron chi connectivity index (χ0n) is 6.86. The molecular formula is C8H9BN2O. The summed E-state index contributed by atoms with van der Waals surface area (Å²) in [7, 11) is 1.99. The minimum absolute atomic E-state index is 0.0881. The monoisotopic (exact) mass is 160 g/mol. The molecule has 0 aliphatic carbocycles. The summed E-state index contributed by atoms with van der Waals surface area (Å²) >= 11 is 0. The standard InChI is InChI=1S/C8H9BN2O/c1-11-8-3-2-7(9-12)4-6(8)5-10-11/h2-5,9,12H,1H3. The van der Waals surface area contributed by atoms with Crippen LogP contribution in [-0.4, -0.2) is 22.3 Å². The number of aryl methyl sites for hydroxylation is 1. The van der Waals surface area contributed by atoms with Gasteiger partial charge in [-0.05, 0) is 6.07 Å². The number of benzene rings is 1. The van der Waals surface area contributed by atoms with Crippen LogP contribution in [0.3, 0.4) is 0 Å². The molecule has 1 N–H and O–H groups in total. The molecule has 0 aliphatic rings. The van der Waals surface area contributed by atoms with Crippen LogP contribution in [0.2, 0.25) is 0 Å². The Balaban J connectivity index is 2.69. The number of aromatic nitrogens is 2. The van der Waals surface area contributed by atoms with E-state index in [9.17, 15) is 0 Å². The molecule has 2 rings (SSSR count). The Morgan fingerprint density at radius 1 is 1.50 bits per heavy atom. The highest BCUT2D eigenvalue weighted by atomic mass is 16.2. The first kappa shape index (κ1) is 7.37. The maximum absolute atomic E-state index is 8.88. The van der Waals surface area contributed by atoms with E-state index in [0.29, 0.717) is 0 Å². The third-order valence-electron chi connectivity index (χ3n) is 1.99. The minimum Gasteiger partial charge on any atom is -0.449 e. The van der Waals surface area contributed by atoms with E-state index < -0.39 is 0 Å². The molecule has 0 amide bonds. The Labute approximate surface area is 70.9 Å². The molecular weight excluding hydrogens is 151 g/mol. The summed E-state index contributed by atoms with van der Waals surface area (Å²) in [6.07, 6.45) is 1.80. The van der Waals surface area contributed by atoms with Gasteiger partial charge < -0.3 is 5.02 Å². The van der Waals surface area contributed by atoms with Gasteiger partial charge in [0.2, 0.25) is 0 Å². The van der Waals surface area contributed by atoms with Gasteiger partial charge in [-0.15, -0.1) is 0 Å². The van der Waals surface area contributed by atoms with Crippen LogP contribution in [0.1, 0.15) is 0 Å². The van der Waals surface area contributed by atoms with Crippen molar-refractivity contribution in [2.45, 2.75) is 0 Å². The van der Waals surface area contributed by atoms with Crippen LogP contribution in [-0.2, 0) is 7.05 Å². The first-order chi connectivity index (χ1) is 5.81. The maximum Gasteiger partial charge on any atom is 0.304 e. The van der Waals surface area contributed by atoms with Gasteiger partial charge in [0.15, 0.2) is 0 Å². The third-order valence-corrected chi connectivity index (χ3v) is 1.99. The lowest BCUT2D eigenvalue weighted by Gasteiger charge is -1.95. The second-order valence-corrected chi connectivity index (χ2v) is 2.82.